The largest absolute Gasteiger partial charge is 0.464 e. The van der Waals surface area contributed by atoms with Gasteiger partial charge in [-0.05, 0) is 18.6 Å². The van der Waals surface area contributed by atoms with E-state index in [-0.39, 0.29) is 0 Å². The average Bonchev–Trinajstić information content (AvgIpc) is 2.47. The van der Waals surface area contributed by atoms with Crippen molar-refractivity contribution in [2.45, 2.75) is 18.6 Å². The third-order valence-corrected chi connectivity index (χ3v) is 4.57. The van der Waals surface area contributed by atoms with Crippen LogP contribution < -0.4 is 10.6 Å². The minimum atomic E-state index is -0.431. The first-order valence-corrected chi connectivity index (χ1v) is 7.42. The molecule has 1 saturated heterocycles. The molecule has 6 heteroatoms. The molecule has 0 saturated carbocycles. The molecule has 0 amide bonds. The third-order valence-electron chi connectivity index (χ3n) is 3.19. The summed E-state index contributed by atoms with van der Waals surface area (Å²) < 4.78 is 4.70. The Kier molecular flexibility index (Phi) is 4.52. The number of aromatic nitrogens is 1. The summed E-state index contributed by atoms with van der Waals surface area (Å²) >= 11 is 1.98. The Bertz CT molecular complexity index is 467. The van der Waals surface area contributed by atoms with Gasteiger partial charge in [0.1, 0.15) is 0 Å². The fraction of sp³-hybridized carbons (Fsp3) is 0.538. The molecule has 1 atom stereocenters. The van der Waals surface area contributed by atoms with Gasteiger partial charge in [0.15, 0.2) is 11.5 Å². The van der Waals surface area contributed by atoms with E-state index in [1.165, 1.54) is 7.11 Å². The summed E-state index contributed by atoms with van der Waals surface area (Å²) in [6.45, 7) is 4.01. The van der Waals surface area contributed by atoms with Crippen LogP contribution in [0.2, 0.25) is 0 Å². The maximum absolute atomic E-state index is 11.5. The molecule has 1 aromatic heterocycles. The standard InChI is InChI=1S/C13H19N3O2S/c1-3-9-8-16(6-7-19-9)12-10(14)4-5-11(15-12)13(17)18-2/h4-5,9H,3,6-8,14H2,1-2H3. The molecule has 2 rings (SSSR count). The molecule has 1 aromatic rings. The summed E-state index contributed by atoms with van der Waals surface area (Å²) in [6.07, 6.45) is 1.12. The molecule has 104 valence electrons. The van der Waals surface area contributed by atoms with E-state index >= 15 is 0 Å². The average molecular weight is 281 g/mol. The lowest BCUT2D eigenvalue weighted by atomic mass is 10.2. The molecule has 2 N–H and O–H groups in total. The van der Waals surface area contributed by atoms with Gasteiger partial charge in [-0.1, -0.05) is 6.92 Å². The number of esters is 1. The number of nitrogen functional groups attached to an aromatic ring is 1. The Morgan fingerprint density at radius 3 is 3.11 bits per heavy atom. The number of thioether (sulfide) groups is 1. The van der Waals surface area contributed by atoms with Crippen LogP contribution in [0.3, 0.4) is 0 Å². The van der Waals surface area contributed by atoms with Crippen LogP contribution in [0.5, 0.6) is 0 Å². The van der Waals surface area contributed by atoms with Gasteiger partial charge in [0, 0.05) is 24.1 Å². The quantitative estimate of drug-likeness (QED) is 0.852. The zero-order valence-corrected chi connectivity index (χ0v) is 12.1. The number of hydrogen-bond donors (Lipinski definition) is 1. The molecular weight excluding hydrogens is 262 g/mol. The molecule has 5 nitrogen and oxygen atoms in total. The summed E-state index contributed by atoms with van der Waals surface area (Å²) in [7, 11) is 1.35. The van der Waals surface area contributed by atoms with E-state index in [0.29, 0.717) is 22.4 Å². The van der Waals surface area contributed by atoms with Crippen molar-refractivity contribution < 1.29 is 9.53 Å². The van der Waals surface area contributed by atoms with E-state index in [1.807, 2.05) is 11.8 Å². The van der Waals surface area contributed by atoms with Crippen molar-refractivity contribution in [1.82, 2.24) is 4.98 Å². The van der Waals surface area contributed by atoms with E-state index in [9.17, 15) is 4.79 Å². The molecule has 2 heterocycles. The zero-order chi connectivity index (χ0) is 13.8. The SMILES string of the molecule is CCC1CN(c2nc(C(=O)OC)ccc2N)CCS1. The Labute approximate surface area is 117 Å². The summed E-state index contributed by atoms with van der Waals surface area (Å²) in [5.41, 5.74) is 6.90. The highest BCUT2D eigenvalue weighted by molar-refractivity contribution is 8.00. The highest BCUT2D eigenvalue weighted by Gasteiger charge is 2.22. The monoisotopic (exact) mass is 281 g/mol. The first-order valence-electron chi connectivity index (χ1n) is 6.37. The van der Waals surface area contributed by atoms with Crippen LogP contribution in [0, 0.1) is 0 Å². The van der Waals surface area contributed by atoms with E-state index in [4.69, 9.17) is 10.5 Å². The Morgan fingerprint density at radius 1 is 1.63 bits per heavy atom. The Balaban J connectivity index is 2.25. The Morgan fingerprint density at radius 2 is 2.42 bits per heavy atom. The molecule has 19 heavy (non-hydrogen) atoms. The van der Waals surface area contributed by atoms with Gasteiger partial charge >= 0.3 is 5.97 Å². The lowest BCUT2D eigenvalue weighted by Gasteiger charge is -2.33. The van der Waals surface area contributed by atoms with Crippen LogP contribution in [0.4, 0.5) is 11.5 Å². The summed E-state index contributed by atoms with van der Waals surface area (Å²) in [6, 6.07) is 3.32. The van der Waals surface area contributed by atoms with E-state index < -0.39 is 5.97 Å². The number of methoxy groups -OCH3 is 1. The van der Waals surface area contributed by atoms with Crippen LogP contribution in [-0.2, 0) is 4.74 Å². The Hall–Kier alpha value is -1.43. The van der Waals surface area contributed by atoms with Crippen molar-refractivity contribution in [1.29, 1.82) is 0 Å². The van der Waals surface area contributed by atoms with Gasteiger partial charge in [-0.15, -0.1) is 0 Å². The van der Waals surface area contributed by atoms with Gasteiger partial charge < -0.3 is 15.4 Å². The highest BCUT2D eigenvalue weighted by atomic mass is 32.2. The van der Waals surface area contributed by atoms with Crippen LogP contribution in [-0.4, -0.2) is 42.2 Å². The predicted octanol–water partition coefficient (Wildman–Crippen LogP) is 1.78. The normalized spacial score (nSPS) is 19.3. The molecule has 0 spiro atoms. The van der Waals surface area contributed by atoms with Crippen molar-refractivity contribution in [3.63, 3.8) is 0 Å². The summed E-state index contributed by atoms with van der Waals surface area (Å²) in [5, 5.41) is 0.594. The van der Waals surface area contributed by atoms with Crippen LogP contribution in [0.1, 0.15) is 23.8 Å². The lowest BCUT2D eigenvalue weighted by molar-refractivity contribution is 0.0594. The number of carbonyl (C=O) groups is 1. The molecular formula is C13H19N3O2S. The summed E-state index contributed by atoms with van der Waals surface area (Å²) in [5.74, 6) is 1.32. The fourth-order valence-corrected chi connectivity index (χ4v) is 3.27. The van der Waals surface area contributed by atoms with Crippen molar-refractivity contribution in [2.24, 2.45) is 0 Å². The maximum atomic E-state index is 11.5. The number of nitrogens with zero attached hydrogens (tertiary/aromatic N) is 2. The van der Waals surface area contributed by atoms with E-state index in [0.717, 1.165) is 25.3 Å². The number of rotatable bonds is 3. The number of carbonyl (C=O) groups excluding carboxylic acids is 1. The predicted molar refractivity (Wildman–Crippen MR) is 78.7 cm³/mol. The second kappa shape index (κ2) is 6.14. The van der Waals surface area contributed by atoms with Crippen LogP contribution in [0.15, 0.2) is 12.1 Å². The second-order valence-corrected chi connectivity index (χ2v) is 5.86. The molecule has 0 radical (unpaired) electrons. The minimum Gasteiger partial charge on any atom is -0.464 e. The van der Waals surface area contributed by atoms with Gasteiger partial charge in [-0.25, -0.2) is 9.78 Å². The van der Waals surface area contributed by atoms with Gasteiger partial charge in [-0.2, -0.15) is 11.8 Å². The molecule has 1 unspecified atom stereocenters. The van der Waals surface area contributed by atoms with Gasteiger partial charge in [-0.3, -0.25) is 0 Å². The summed E-state index contributed by atoms with van der Waals surface area (Å²) in [4.78, 5) is 18.0. The van der Waals surface area contributed by atoms with Gasteiger partial charge in [0.2, 0.25) is 0 Å². The molecule has 0 aromatic carbocycles. The first-order chi connectivity index (χ1) is 9.15. The molecule has 1 fully saturated rings. The molecule has 0 aliphatic carbocycles. The van der Waals surface area contributed by atoms with Crippen LogP contribution >= 0.6 is 11.8 Å². The number of ether oxygens (including phenoxy) is 1. The topological polar surface area (TPSA) is 68.5 Å². The highest BCUT2D eigenvalue weighted by Crippen LogP contribution is 2.28. The number of nitrogens with two attached hydrogens (primary N) is 1. The molecule has 1 aliphatic rings. The van der Waals surface area contributed by atoms with E-state index in [1.54, 1.807) is 12.1 Å². The van der Waals surface area contributed by atoms with Crippen LogP contribution in [0.25, 0.3) is 0 Å². The second-order valence-electron chi connectivity index (χ2n) is 4.45. The van der Waals surface area contributed by atoms with Gasteiger partial charge in [0.25, 0.3) is 0 Å². The van der Waals surface area contributed by atoms with Gasteiger partial charge in [0.05, 0.1) is 12.8 Å². The smallest absolute Gasteiger partial charge is 0.356 e. The fourth-order valence-electron chi connectivity index (χ4n) is 2.09. The first kappa shape index (κ1) is 14.0. The lowest BCUT2D eigenvalue weighted by Crippen LogP contribution is -2.38. The minimum absolute atomic E-state index is 0.304. The van der Waals surface area contributed by atoms with Crippen molar-refractivity contribution in [3.8, 4) is 0 Å². The molecule has 1 aliphatic heterocycles. The van der Waals surface area contributed by atoms with E-state index in [2.05, 4.69) is 16.8 Å². The number of pyridine rings is 1. The zero-order valence-electron chi connectivity index (χ0n) is 11.3. The van der Waals surface area contributed by atoms with Crippen molar-refractivity contribution >= 4 is 29.2 Å². The number of anilines is 2. The third kappa shape index (κ3) is 3.12. The maximum Gasteiger partial charge on any atom is 0.356 e. The number of hydrogen-bond acceptors (Lipinski definition) is 6. The molecule has 0 bridgehead atoms. The van der Waals surface area contributed by atoms with Crippen molar-refractivity contribution in [3.05, 3.63) is 17.8 Å². The van der Waals surface area contributed by atoms with Crippen molar-refractivity contribution in [2.75, 3.05) is 36.6 Å².